The monoisotopic (exact) mass is 280 g/mol. The Labute approximate surface area is 108 Å². The maximum Gasteiger partial charge on any atom is 0.223 e. The summed E-state index contributed by atoms with van der Waals surface area (Å²) in [6, 6.07) is 0. The molecule has 0 aromatic heterocycles. The molecule has 1 rings (SSSR count). The molecule has 0 aromatic rings. The molecule has 2 unspecified atom stereocenters. The molecular weight excluding hydrogens is 260 g/mol. The van der Waals surface area contributed by atoms with E-state index in [1.807, 2.05) is 0 Å². The van der Waals surface area contributed by atoms with Crippen molar-refractivity contribution in [3.63, 3.8) is 0 Å². The Morgan fingerprint density at radius 3 is 2.82 bits per heavy atom. The largest absolute Gasteiger partial charge is 0.396 e. The van der Waals surface area contributed by atoms with E-state index >= 15 is 0 Å². The molecule has 0 amide bonds. The molecule has 17 heavy (non-hydrogen) atoms. The number of aliphatic hydroxyl groups excluding tert-OH is 1. The van der Waals surface area contributed by atoms with E-state index in [1.54, 1.807) is 0 Å². The summed E-state index contributed by atoms with van der Waals surface area (Å²) in [5, 5.41) is 8.08. The summed E-state index contributed by atoms with van der Waals surface area (Å²) in [6.45, 7) is 2.61. The van der Waals surface area contributed by atoms with Gasteiger partial charge >= 0.3 is 0 Å². The molecule has 1 saturated heterocycles. The first-order chi connectivity index (χ1) is 7.89. The Morgan fingerprint density at radius 1 is 1.65 bits per heavy atom. The number of hydrogen-bond acceptors (Lipinski definition) is 4. The summed E-state index contributed by atoms with van der Waals surface area (Å²) in [5.74, 6) is 0.238. The van der Waals surface area contributed by atoms with Crippen molar-refractivity contribution in [2.45, 2.75) is 31.4 Å². The maximum absolute atomic E-state index is 12.2. The fraction of sp³-hybridized carbons (Fsp3) is 0.900. The summed E-state index contributed by atoms with van der Waals surface area (Å²) in [6.07, 6.45) is 2.44. The van der Waals surface area contributed by atoms with Crippen molar-refractivity contribution in [3.05, 3.63) is 0 Å². The van der Waals surface area contributed by atoms with Crippen LogP contribution in [0.3, 0.4) is 0 Å². The van der Waals surface area contributed by atoms with Crippen LogP contribution in [0.4, 0.5) is 0 Å². The zero-order chi connectivity index (χ0) is 13.1. The lowest BCUT2D eigenvalue weighted by atomic mass is 9.97. The van der Waals surface area contributed by atoms with Crippen molar-refractivity contribution in [1.29, 1.82) is 0 Å². The van der Waals surface area contributed by atoms with Crippen LogP contribution < -0.4 is 5.73 Å². The van der Waals surface area contributed by atoms with Gasteiger partial charge in [-0.15, -0.1) is 0 Å². The highest BCUT2D eigenvalue weighted by atomic mass is 32.2. The topological polar surface area (TPSA) is 83.6 Å². The number of sulfonamides is 1. The standard InChI is InChI=1S/C10H20N2O3S2/c1-8(10(11)16)17(14,15)12-5-2-3-9(7-12)4-6-13/h8-9,13H,2-7H2,1H3,(H2,11,16). The second-order valence-electron chi connectivity index (χ2n) is 4.47. The van der Waals surface area contributed by atoms with E-state index in [1.165, 1.54) is 11.2 Å². The zero-order valence-electron chi connectivity index (χ0n) is 10.0. The average molecular weight is 280 g/mol. The van der Waals surface area contributed by atoms with E-state index in [9.17, 15) is 8.42 Å². The average Bonchev–Trinajstić information content (AvgIpc) is 2.28. The minimum Gasteiger partial charge on any atom is -0.396 e. The highest BCUT2D eigenvalue weighted by molar-refractivity contribution is 7.92. The second kappa shape index (κ2) is 6.08. The fourth-order valence-electron chi connectivity index (χ4n) is 2.05. The molecule has 0 spiro atoms. The Balaban J connectivity index is 2.75. The number of nitrogens with two attached hydrogens (primary N) is 1. The highest BCUT2D eigenvalue weighted by Gasteiger charge is 2.33. The lowest BCUT2D eigenvalue weighted by Gasteiger charge is -2.33. The first-order valence-electron chi connectivity index (χ1n) is 5.78. The maximum atomic E-state index is 12.2. The van der Waals surface area contributed by atoms with Crippen molar-refractivity contribution < 1.29 is 13.5 Å². The first kappa shape index (κ1) is 14.8. The third-order valence-corrected chi connectivity index (χ3v) is 5.93. The number of hydrogen-bond donors (Lipinski definition) is 2. The van der Waals surface area contributed by atoms with Crippen LogP contribution >= 0.6 is 12.2 Å². The van der Waals surface area contributed by atoms with Crippen LogP contribution in [0.5, 0.6) is 0 Å². The van der Waals surface area contributed by atoms with Gasteiger partial charge in [-0.25, -0.2) is 12.7 Å². The van der Waals surface area contributed by atoms with Crippen molar-refractivity contribution in [2.24, 2.45) is 11.7 Å². The van der Waals surface area contributed by atoms with Gasteiger partial charge in [0.1, 0.15) is 5.25 Å². The number of thiocarbonyl (C=S) groups is 1. The van der Waals surface area contributed by atoms with Gasteiger partial charge in [0, 0.05) is 19.7 Å². The molecule has 0 saturated carbocycles. The predicted molar refractivity (Wildman–Crippen MR) is 71.2 cm³/mol. The van der Waals surface area contributed by atoms with Gasteiger partial charge in [-0.1, -0.05) is 12.2 Å². The van der Waals surface area contributed by atoms with E-state index < -0.39 is 15.3 Å². The van der Waals surface area contributed by atoms with Crippen LogP contribution in [0.1, 0.15) is 26.2 Å². The van der Waals surface area contributed by atoms with Crippen molar-refractivity contribution in [2.75, 3.05) is 19.7 Å². The molecule has 0 aromatic carbocycles. The second-order valence-corrected chi connectivity index (χ2v) is 7.19. The van der Waals surface area contributed by atoms with Crippen LogP contribution in [0, 0.1) is 5.92 Å². The van der Waals surface area contributed by atoms with Gasteiger partial charge in [-0.2, -0.15) is 0 Å². The third kappa shape index (κ3) is 3.61. The summed E-state index contributed by atoms with van der Waals surface area (Å²) in [5.41, 5.74) is 5.41. The number of rotatable bonds is 5. The molecular formula is C10H20N2O3S2. The van der Waals surface area contributed by atoms with Crippen molar-refractivity contribution in [1.82, 2.24) is 4.31 Å². The molecule has 5 nitrogen and oxygen atoms in total. The molecule has 1 fully saturated rings. The van der Waals surface area contributed by atoms with E-state index in [0.717, 1.165) is 12.8 Å². The molecule has 3 N–H and O–H groups in total. The molecule has 2 atom stereocenters. The number of aliphatic hydroxyl groups is 1. The first-order valence-corrected chi connectivity index (χ1v) is 7.70. The van der Waals surface area contributed by atoms with Crippen LogP contribution in [0.25, 0.3) is 0 Å². The van der Waals surface area contributed by atoms with Gasteiger partial charge < -0.3 is 10.8 Å². The number of piperidine rings is 1. The van der Waals surface area contributed by atoms with Gasteiger partial charge in [0.25, 0.3) is 0 Å². The summed E-state index contributed by atoms with van der Waals surface area (Å²) >= 11 is 4.75. The number of nitrogens with zero attached hydrogens (tertiary/aromatic N) is 1. The quantitative estimate of drug-likeness (QED) is 0.697. The minimum absolute atomic E-state index is 0.00859. The fourth-order valence-corrected chi connectivity index (χ4v) is 3.95. The molecule has 1 aliphatic heterocycles. The molecule has 1 heterocycles. The summed E-state index contributed by atoms with van der Waals surface area (Å²) in [7, 11) is -3.43. The molecule has 0 radical (unpaired) electrons. The van der Waals surface area contributed by atoms with Crippen LogP contribution in [0.2, 0.25) is 0 Å². The van der Waals surface area contributed by atoms with E-state index in [4.69, 9.17) is 23.1 Å². The van der Waals surface area contributed by atoms with Crippen molar-refractivity contribution in [3.8, 4) is 0 Å². The normalized spacial score (nSPS) is 24.5. The molecule has 1 aliphatic rings. The lowest BCUT2D eigenvalue weighted by Crippen LogP contribution is -2.47. The lowest BCUT2D eigenvalue weighted by molar-refractivity contribution is 0.202. The molecule has 7 heteroatoms. The summed E-state index contributed by atoms with van der Waals surface area (Å²) in [4.78, 5) is 0.00859. The third-order valence-electron chi connectivity index (χ3n) is 3.23. The van der Waals surface area contributed by atoms with Crippen LogP contribution in [0.15, 0.2) is 0 Å². The van der Waals surface area contributed by atoms with E-state index in [0.29, 0.717) is 19.5 Å². The van der Waals surface area contributed by atoms with E-state index in [-0.39, 0.29) is 17.5 Å². The SMILES string of the molecule is CC(C(N)=S)S(=O)(=O)N1CCCC(CCO)C1. The Hall–Kier alpha value is -0.240. The van der Waals surface area contributed by atoms with Gasteiger partial charge in [0.05, 0.1) is 4.99 Å². The van der Waals surface area contributed by atoms with Crippen molar-refractivity contribution >= 4 is 27.2 Å². The smallest absolute Gasteiger partial charge is 0.223 e. The van der Waals surface area contributed by atoms with Crippen LogP contribution in [-0.2, 0) is 10.0 Å². The zero-order valence-corrected chi connectivity index (χ0v) is 11.6. The summed E-state index contributed by atoms with van der Waals surface area (Å²) < 4.78 is 25.8. The van der Waals surface area contributed by atoms with Gasteiger partial charge in [0.15, 0.2) is 0 Å². The minimum atomic E-state index is -3.43. The van der Waals surface area contributed by atoms with Gasteiger partial charge in [0.2, 0.25) is 10.0 Å². The van der Waals surface area contributed by atoms with Crippen LogP contribution in [-0.4, -0.2) is 47.8 Å². The Bertz CT molecular complexity index is 368. The molecule has 0 bridgehead atoms. The Kier molecular flexibility index (Phi) is 5.30. The Morgan fingerprint density at radius 2 is 2.29 bits per heavy atom. The highest BCUT2D eigenvalue weighted by Crippen LogP contribution is 2.23. The molecule has 0 aliphatic carbocycles. The predicted octanol–water partition coefficient (Wildman–Crippen LogP) is 0.0852. The van der Waals surface area contributed by atoms with Gasteiger partial charge in [-0.05, 0) is 32.1 Å². The molecule has 100 valence electrons. The van der Waals surface area contributed by atoms with E-state index in [2.05, 4.69) is 0 Å². The van der Waals surface area contributed by atoms with Gasteiger partial charge in [-0.3, -0.25) is 0 Å².